The van der Waals surface area contributed by atoms with Gasteiger partial charge in [0.1, 0.15) is 24.5 Å². The predicted molar refractivity (Wildman–Crippen MR) is 87.9 cm³/mol. The molecule has 0 radical (unpaired) electrons. The van der Waals surface area contributed by atoms with E-state index in [4.69, 9.17) is 15.6 Å². The predicted octanol–water partition coefficient (Wildman–Crippen LogP) is -1.48. The fraction of sp³-hybridized carbons (Fsp3) is 0.357. The number of nitrogen functional groups attached to an aromatic ring is 1. The van der Waals surface area contributed by atoms with Crippen LogP contribution in [-0.2, 0) is 4.74 Å². The van der Waals surface area contributed by atoms with Crippen LogP contribution in [0.2, 0.25) is 0 Å². The number of nitrogens with zero attached hydrogens (tertiary/aromatic N) is 5. The maximum atomic E-state index is 10.2. The van der Waals surface area contributed by atoms with E-state index in [2.05, 4.69) is 24.9 Å². The molecule has 1 saturated heterocycles. The molecule has 6 N–H and O–H groups in total. The Morgan fingerprint density at radius 2 is 2.19 bits per heavy atom. The van der Waals surface area contributed by atoms with E-state index < -0.39 is 24.1 Å². The molecule has 0 unspecified atom stereocenters. The average molecular weight is 363 g/mol. The molecular weight excluding hydrogens is 346 g/mol. The van der Waals surface area contributed by atoms with E-state index in [-0.39, 0.29) is 23.8 Å². The van der Waals surface area contributed by atoms with Crippen LogP contribution in [-0.4, -0.2) is 63.6 Å². The van der Waals surface area contributed by atoms with Crippen molar-refractivity contribution in [3.05, 3.63) is 35.4 Å². The van der Waals surface area contributed by atoms with Gasteiger partial charge in [-0.3, -0.25) is 4.57 Å². The van der Waals surface area contributed by atoms with Gasteiger partial charge in [-0.2, -0.15) is 9.97 Å². The minimum absolute atomic E-state index is 0.198. The molecule has 4 heterocycles. The number of hydrogen-bond acceptors (Lipinski definition) is 10. The summed E-state index contributed by atoms with van der Waals surface area (Å²) < 4.78 is 7.10. The topological polar surface area (TPSA) is 185 Å². The Kier molecular flexibility index (Phi) is 5.06. The van der Waals surface area contributed by atoms with E-state index in [1.807, 2.05) is 0 Å². The first-order valence-electron chi connectivity index (χ1n) is 7.61. The summed E-state index contributed by atoms with van der Waals surface area (Å²) in [6.45, 7) is -0.246. The minimum Gasteiger partial charge on any atom is -0.492 e. The smallest absolute Gasteiger partial charge is 0.346 e. The van der Waals surface area contributed by atoms with Crippen molar-refractivity contribution >= 4 is 17.0 Å². The number of ether oxygens (including phenoxy) is 1. The molecule has 12 heteroatoms. The first kappa shape index (κ1) is 17.7. The molecule has 1 fully saturated rings. The molecule has 1 aliphatic rings. The molecule has 12 nitrogen and oxygen atoms in total. The molecule has 3 atom stereocenters. The fourth-order valence-electron chi connectivity index (χ4n) is 2.49. The maximum Gasteiger partial charge on any atom is 0.346 e. The van der Waals surface area contributed by atoms with Gasteiger partial charge in [-0.05, 0) is 6.07 Å². The van der Waals surface area contributed by atoms with Crippen molar-refractivity contribution in [1.29, 1.82) is 0 Å². The number of rotatable bonds is 2. The zero-order valence-electron chi connectivity index (χ0n) is 13.4. The highest BCUT2D eigenvalue weighted by Crippen LogP contribution is 2.31. The van der Waals surface area contributed by atoms with Gasteiger partial charge in [-0.15, -0.1) is 0 Å². The summed E-state index contributed by atoms with van der Waals surface area (Å²) in [7, 11) is 0. The van der Waals surface area contributed by atoms with Crippen LogP contribution in [0.3, 0.4) is 0 Å². The zero-order chi connectivity index (χ0) is 18.7. The van der Waals surface area contributed by atoms with Gasteiger partial charge >= 0.3 is 5.69 Å². The lowest BCUT2D eigenvalue weighted by Crippen LogP contribution is -2.24. The molecule has 0 aromatic carbocycles. The lowest BCUT2D eigenvalue weighted by atomic mass is 10.2. The van der Waals surface area contributed by atoms with Crippen LogP contribution in [0.25, 0.3) is 11.2 Å². The van der Waals surface area contributed by atoms with Crippen LogP contribution in [0.15, 0.2) is 29.7 Å². The molecule has 138 valence electrons. The summed E-state index contributed by atoms with van der Waals surface area (Å²) in [6, 6.07) is 1.52. The summed E-state index contributed by atoms with van der Waals surface area (Å²) >= 11 is 0. The second-order valence-electron chi connectivity index (χ2n) is 5.46. The Labute approximate surface area is 146 Å². The van der Waals surface area contributed by atoms with Gasteiger partial charge in [0, 0.05) is 12.6 Å². The van der Waals surface area contributed by atoms with Gasteiger partial charge in [-0.25, -0.2) is 14.8 Å². The Morgan fingerprint density at radius 3 is 2.81 bits per heavy atom. The number of aliphatic hydroxyl groups is 2. The molecule has 0 saturated carbocycles. The van der Waals surface area contributed by atoms with E-state index in [0.29, 0.717) is 12.1 Å². The number of imidazole rings is 1. The van der Waals surface area contributed by atoms with E-state index >= 15 is 0 Å². The minimum atomic E-state index is -0.729. The summed E-state index contributed by atoms with van der Waals surface area (Å²) in [6.07, 6.45) is 2.68. The molecule has 0 bridgehead atoms. The second-order valence-corrected chi connectivity index (χ2v) is 5.46. The first-order valence-corrected chi connectivity index (χ1v) is 7.61. The van der Waals surface area contributed by atoms with Crippen molar-refractivity contribution in [3.8, 4) is 5.88 Å². The van der Waals surface area contributed by atoms with E-state index in [1.54, 1.807) is 4.57 Å². The van der Waals surface area contributed by atoms with E-state index in [0.717, 1.165) is 0 Å². The van der Waals surface area contributed by atoms with E-state index in [1.165, 1.54) is 24.9 Å². The molecule has 1 aliphatic heterocycles. The normalized spacial score (nSPS) is 22.2. The molecule has 4 rings (SSSR count). The summed E-state index contributed by atoms with van der Waals surface area (Å²) in [5.74, 6) is 0.0461. The van der Waals surface area contributed by atoms with Crippen molar-refractivity contribution in [2.24, 2.45) is 0 Å². The number of aromatic nitrogens is 6. The third-order valence-electron chi connectivity index (χ3n) is 3.73. The Bertz CT molecular complexity index is 943. The molecule has 0 amide bonds. The number of nitrogens with one attached hydrogen (secondary N) is 1. The molecule has 3 aromatic heterocycles. The Balaban J connectivity index is 0.000000206. The molecular formula is C14H17N7O5. The van der Waals surface area contributed by atoms with E-state index in [9.17, 15) is 15.0 Å². The fourth-order valence-corrected chi connectivity index (χ4v) is 2.49. The van der Waals surface area contributed by atoms with Crippen LogP contribution in [0.1, 0.15) is 12.6 Å². The van der Waals surface area contributed by atoms with Crippen LogP contribution < -0.4 is 11.4 Å². The van der Waals surface area contributed by atoms with Crippen LogP contribution in [0, 0.1) is 0 Å². The lowest BCUT2D eigenvalue weighted by Gasteiger charge is -2.13. The van der Waals surface area contributed by atoms with Crippen molar-refractivity contribution in [3.63, 3.8) is 0 Å². The SMILES string of the molecule is Nc1cc[nH]c(=O)n1.OC[C@H]1O[C@@H](n2cnc3c(O)ncnc32)C[C@@H]1O. The molecule has 0 aliphatic carbocycles. The van der Waals surface area contributed by atoms with Gasteiger partial charge in [-0.1, -0.05) is 0 Å². The van der Waals surface area contributed by atoms with Crippen molar-refractivity contribution in [2.75, 3.05) is 12.3 Å². The van der Waals surface area contributed by atoms with Crippen LogP contribution in [0.4, 0.5) is 5.82 Å². The number of aliphatic hydroxyl groups excluding tert-OH is 2. The number of anilines is 1. The van der Waals surface area contributed by atoms with Crippen molar-refractivity contribution in [1.82, 2.24) is 29.5 Å². The standard InChI is InChI=1S/C10H12N4O4.C4H5N3O/c15-2-6-5(16)1-7(18-6)14-4-13-8-9(14)11-3-12-10(8)17;5-3-1-2-6-4(8)7-3/h3-7,15-16H,1-2H2,(H,11,12,17);1-2H,(H3,5,6,7,8)/t5-,6+,7+;/m0./s1. The number of hydrogen-bond donors (Lipinski definition) is 5. The number of H-pyrrole nitrogens is 1. The Hall–Kier alpha value is -3.09. The summed E-state index contributed by atoms with van der Waals surface area (Å²) in [5.41, 5.74) is 5.43. The van der Waals surface area contributed by atoms with Gasteiger partial charge in [0.2, 0.25) is 5.88 Å². The monoisotopic (exact) mass is 363 g/mol. The van der Waals surface area contributed by atoms with Crippen LogP contribution >= 0.6 is 0 Å². The first-order chi connectivity index (χ1) is 12.5. The molecule has 0 spiro atoms. The lowest BCUT2D eigenvalue weighted by molar-refractivity contribution is -0.0432. The third-order valence-corrected chi connectivity index (χ3v) is 3.73. The van der Waals surface area contributed by atoms with Gasteiger partial charge in [0.15, 0.2) is 11.2 Å². The van der Waals surface area contributed by atoms with Gasteiger partial charge in [0.25, 0.3) is 0 Å². The zero-order valence-corrected chi connectivity index (χ0v) is 13.4. The summed E-state index contributed by atoms with van der Waals surface area (Å²) in [5, 5.41) is 28.2. The average Bonchev–Trinajstić information content (AvgIpc) is 3.19. The molecule has 26 heavy (non-hydrogen) atoms. The highest BCUT2D eigenvalue weighted by molar-refractivity contribution is 5.75. The number of aromatic hydroxyl groups is 1. The van der Waals surface area contributed by atoms with Crippen molar-refractivity contribution in [2.45, 2.75) is 24.9 Å². The van der Waals surface area contributed by atoms with Gasteiger partial charge in [0.05, 0.1) is 19.0 Å². The third kappa shape index (κ3) is 3.61. The highest BCUT2D eigenvalue weighted by atomic mass is 16.5. The second kappa shape index (κ2) is 7.43. The molecule has 3 aromatic rings. The van der Waals surface area contributed by atoms with Crippen molar-refractivity contribution < 1.29 is 20.1 Å². The van der Waals surface area contributed by atoms with Crippen LogP contribution in [0.5, 0.6) is 5.88 Å². The Morgan fingerprint density at radius 1 is 1.38 bits per heavy atom. The number of nitrogens with two attached hydrogens (primary N) is 1. The largest absolute Gasteiger partial charge is 0.492 e. The highest BCUT2D eigenvalue weighted by Gasteiger charge is 2.35. The number of fused-ring (bicyclic) bond motifs is 1. The summed E-state index contributed by atoms with van der Waals surface area (Å²) in [4.78, 5) is 27.6. The maximum absolute atomic E-state index is 10.2. The quantitative estimate of drug-likeness (QED) is 0.359. The van der Waals surface area contributed by atoms with Gasteiger partial charge < -0.3 is 30.8 Å². The number of aromatic amines is 1.